The molecule has 1 aliphatic rings. The van der Waals surface area contributed by atoms with Crippen LogP contribution in [0.4, 0.5) is 4.79 Å². The molecule has 0 unspecified atom stereocenters. The minimum atomic E-state index is -1.11. The van der Waals surface area contributed by atoms with E-state index in [9.17, 15) is 19.2 Å². The Morgan fingerprint density at radius 2 is 1.23 bits per heavy atom. The Morgan fingerprint density at radius 3 is 1.69 bits per heavy atom. The van der Waals surface area contributed by atoms with Crippen molar-refractivity contribution in [3.8, 4) is 0 Å². The first kappa shape index (κ1) is 26.3. The second-order valence-corrected chi connectivity index (χ2v) is 11.2. The van der Waals surface area contributed by atoms with Crippen LogP contribution in [0, 0.1) is 11.8 Å². The van der Waals surface area contributed by atoms with Crippen LogP contribution in [-0.4, -0.2) is 44.5 Å². The van der Waals surface area contributed by atoms with Gasteiger partial charge in [-0.05, 0) is 65.9 Å². The van der Waals surface area contributed by atoms with Crippen LogP contribution >= 0.6 is 0 Å². The Kier molecular flexibility index (Phi) is 7.63. The van der Waals surface area contributed by atoms with Gasteiger partial charge in [-0.25, -0.2) is 4.79 Å². The van der Waals surface area contributed by atoms with Gasteiger partial charge < -0.3 is 0 Å². The van der Waals surface area contributed by atoms with Crippen molar-refractivity contribution in [1.82, 2.24) is 9.80 Å². The molecule has 0 N–H and O–H groups in total. The topological polar surface area (TPSA) is 74.8 Å². The van der Waals surface area contributed by atoms with E-state index < -0.39 is 40.8 Å². The third-order valence-corrected chi connectivity index (χ3v) is 6.36. The smallest absolute Gasteiger partial charge is 0.294 e. The van der Waals surface area contributed by atoms with Crippen molar-refractivity contribution in [2.75, 3.05) is 0 Å². The molecular weight excluding hydrogens is 440 g/mol. The standard InChI is InChI=1S/C29H36N2O4/c1-28(2,3)30-25(33)24(26(34)31(27(30)35)29(4,5)6)22(18-17-20-13-9-7-10-14-20)19-23(32)21-15-11-8-12-16-21/h7-16,22,24H,17-19H2,1-6H3/t22-/m0/s1. The average molecular weight is 477 g/mol. The summed E-state index contributed by atoms with van der Waals surface area (Å²) in [6, 6.07) is 18.1. The van der Waals surface area contributed by atoms with Gasteiger partial charge in [-0.15, -0.1) is 0 Å². The van der Waals surface area contributed by atoms with Crippen molar-refractivity contribution in [2.24, 2.45) is 11.8 Å². The maximum absolute atomic E-state index is 13.8. The summed E-state index contributed by atoms with van der Waals surface area (Å²) >= 11 is 0. The average Bonchev–Trinajstić information content (AvgIpc) is 2.76. The number of rotatable bonds is 7. The number of amides is 4. The molecule has 0 bridgehead atoms. The van der Waals surface area contributed by atoms with Gasteiger partial charge in [0.25, 0.3) is 0 Å². The maximum Gasteiger partial charge on any atom is 0.334 e. The zero-order chi connectivity index (χ0) is 26.0. The second kappa shape index (κ2) is 10.1. The van der Waals surface area contributed by atoms with Crippen LogP contribution in [0.3, 0.4) is 0 Å². The number of carbonyl (C=O) groups is 4. The summed E-state index contributed by atoms with van der Waals surface area (Å²) in [4.78, 5) is 56.6. The number of benzene rings is 2. The van der Waals surface area contributed by atoms with E-state index in [-0.39, 0.29) is 12.2 Å². The minimum Gasteiger partial charge on any atom is -0.294 e. The van der Waals surface area contributed by atoms with Crippen molar-refractivity contribution < 1.29 is 19.2 Å². The molecule has 3 rings (SSSR count). The molecule has 0 radical (unpaired) electrons. The zero-order valence-corrected chi connectivity index (χ0v) is 21.6. The summed E-state index contributed by atoms with van der Waals surface area (Å²) in [6.45, 7) is 10.7. The van der Waals surface area contributed by atoms with Crippen LogP contribution < -0.4 is 0 Å². The number of hydrogen-bond donors (Lipinski definition) is 0. The molecule has 6 nitrogen and oxygen atoms in total. The molecule has 4 amide bonds. The van der Waals surface area contributed by atoms with Crippen molar-refractivity contribution in [3.05, 3.63) is 71.8 Å². The predicted molar refractivity (Wildman–Crippen MR) is 136 cm³/mol. The lowest BCUT2D eigenvalue weighted by atomic mass is 9.78. The van der Waals surface area contributed by atoms with E-state index in [1.54, 1.807) is 65.8 Å². The SMILES string of the molecule is CC(C)(C)N1C(=O)C([C@@H](CCc2ccccc2)CC(=O)c2ccccc2)C(=O)N(C(C)(C)C)C1=O. The number of imide groups is 2. The van der Waals surface area contributed by atoms with E-state index in [0.29, 0.717) is 18.4 Å². The summed E-state index contributed by atoms with van der Waals surface area (Å²) in [6.07, 6.45) is 1.13. The highest BCUT2D eigenvalue weighted by Crippen LogP contribution is 2.36. The summed E-state index contributed by atoms with van der Waals surface area (Å²) < 4.78 is 0. The van der Waals surface area contributed by atoms with E-state index in [1.807, 2.05) is 36.4 Å². The second-order valence-electron chi connectivity index (χ2n) is 11.2. The number of Topliss-reactive ketones (excluding diaryl/α,β-unsaturated/α-hetero) is 1. The highest BCUT2D eigenvalue weighted by molar-refractivity contribution is 6.17. The third-order valence-electron chi connectivity index (χ3n) is 6.36. The first-order valence-corrected chi connectivity index (χ1v) is 12.2. The van der Waals surface area contributed by atoms with Gasteiger partial charge in [0.2, 0.25) is 11.8 Å². The number of urea groups is 1. The highest BCUT2D eigenvalue weighted by Gasteiger charge is 2.54. The van der Waals surface area contributed by atoms with E-state index in [1.165, 1.54) is 9.80 Å². The van der Waals surface area contributed by atoms with Gasteiger partial charge in [0.1, 0.15) is 5.92 Å². The molecule has 186 valence electrons. The predicted octanol–water partition coefficient (Wildman–Crippen LogP) is 5.51. The summed E-state index contributed by atoms with van der Waals surface area (Å²) in [5.41, 5.74) is -0.0187. The Labute approximate surface area is 208 Å². The minimum absolute atomic E-state index is 0.0448. The molecule has 1 fully saturated rings. The van der Waals surface area contributed by atoms with Gasteiger partial charge >= 0.3 is 6.03 Å². The number of aryl methyl sites for hydroxylation is 1. The molecule has 1 heterocycles. The molecule has 1 saturated heterocycles. The number of nitrogens with zero attached hydrogens (tertiary/aromatic N) is 2. The Morgan fingerprint density at radius 1 is 0.771 bits per heavy atom. The Hall–Kier alpha value is -3.28. The Bertz CT molecular complexity index is 1050. The monoisotopic (exact) mass is 476 g/mol. The van der Waals surface area contributed by atoms with Gasteiger partial charge in [0, 0.05) is 23.1 Å². The van der Waals surface area contributed by atoms with Gasteiger partial charge in [-0.2, -0.15) is 0 Å². The molecule has 0 saturated carbocycles. The van der Waals surface area contributed by atoms with Crippen molar-refractivity contribution in [2.45, 2.75) is 71.9 Å². The van der Waals surface area contributed by atoms with E-state index >= 15 is 0 Å². The molecule has 2 aromatic carbocycles. The quantitative estimate of drug-likeness (QED) is 0.390. The molecule has 1 atom stereocenters. The molecular formula is C29H36N2O4. The third kappa shape index (κ3) is 5.87. The van der Waals surface area contributed by atoms with Crippen molar-refractivity contribution in [3.63, 3.8) is 0 Å². The van der Waals surface area contributed by atoms with Gasteiger partial charge in [0.05, 0.1) is 0 Å². The zero-order valence-electron chi connectivity index (χ0n) is 21.6. The fraction of sp³-hybridized carbons (Fsp3) is 0.448. The Balaban J connectivity index is 2.03. The molecule has 35 heavy (non-hydrogen) atoms. The van der Waals surface area contributed by atoms with Gasteiger partial charge in [-0.1, -0.05) is 60.7 Å². The van der Waals surface area contributed by atoms with Crippen LogP contribution in [0.5, 0.6) is 0 Å². The fourth-order valence-corrected chi connectivity index (χ4v) is 4.67. The first-order valence-electron chi connectivity index (χ1n) is 12.2. The summed E-state index contributed by atoms with van der Waals surface area (Å²) in [7, 11) is 0. The van der Waals surface area contributed by atoms with E-state index in [2.05, 4.69) is 0 Å². The number of carbonyl (C=O) groups excluding carboxylic acids is 4. The van der Waals surface area contributed by atoms with Crippen LogP contribution in [0.2, 0.25) is 0 Å². The molecule has 0 aliphatic carbocycles. The lowest BCUT2D eigenvalue weighted by Gasteiger charge is -2.48. The van der Waals surface area contributed by atoms with Crippen LogP contribution in [0.1, 0.15) is 70.3 Å². The van der Waals surface area contributed by atoms with Crippen LogP contribution in [0.25, 0.3) is 0 Å². The lowest BCUT2D eigenvalue weighted by molar-refractivity contribution is -0.158. The van der Waals surface area contributed by atoms with Gasteiger partial charge in [-0.3, -0.25) is 24.2 Å². The molecule has 0 aromatic heterocycles. The highest BCUT2D eigenvalue weighted by atomic mass is 16.2. The fourth-order valence-electron chi connectivity index (χ4n) is 4.67. The van der Waals surface area contributed by atoms with Crippen molar-refractivity contribution in [1.29, 1.82) is 0 Å². The van der Waals surface area contributed by atoms with E-state index in [0.717, 1.165) is 5.56 Å². The first-order chi connectivity index (χ1) is 16.3. The van der Waals surface area contributed by atoms with Crippen LogP contribution in [0.15, 0.2) is 60.7 Å². The number of barbiturate groups is 1. The largest absolute Gasteiger partial charge is 0.334 e. The molecule has 0 spiro atoms. The van der Waals surface area contributed by atoms with E-state index in [4.69, 9.17) is 0 Å². The molecule has 2 aromatic rings. The molecule has 1 aliphatic heterocycles. The van der Waals surface area contributed by atoms with Gasteiger partial charge in [0.15, 0.2) is 5.78 Å². The summed E-state index contributed by atoms with van der Waals surface area (Å²) in [5.74, 6) is -2.82. The number of hydrogen-bond acceptors (Lipinski definition) is 4. The lowest BCUT2D eigenvalue weighted by Crippen LogP contribution is -2.69. The normalized spacial score (nSPS) is 16.6. The van der Waals surface area contributed by atoms with Crippen molar-refractivity contribution >= 4 is 23.6 Å². The number of ketones is 1. The summed E-state index contributed by atoms with van der Waals surface area (Å²) in [5, 5.41) is 0. The molecule has 6 heteroatoms. The van der Waals surface area contributed by atoms with Crippen LogP contribution in [-0.2, 0) is 16.0 Å². The maximum atomic E-state index is 13.8.